The number of aryl methyl sites for hydroxylation is 1. The van der Waals surface area contributed by atoms with Gasteiger partial charge in [-0.15, -0.1) is 16.8 Å². The molecule has 3 aromatic rings. The lowest BCUT2D eigenvalue weighted by molar-refractivity contribution is -0.113. The van der Waals surface area contributed by atoms with Gasteiger partial charge in [-0.05, 0) is 44.0 Å². The topological polar surface area (TPSA) is 69.0 Å². The van der Waals surface area contributed by atoms with Gasteiger partial charge in [-0.25, -0.2) is 0 Å². The number of benzene rings is 2. The van der Waals surface area contributed by atoms with Gasteiger partial charge in [0.25, 0.3) is 0 Å². The van der Waals surface area contributed by atoms with Crippen molar-refractivity contribution in [1.82, 2.24) is 14.8 Å². The van der Waals surface area contributed by atoms with Crippen LogP contribution in [0.3, 0.4) is 0 Å². The third kappa shape index (κ3) is 4.91. The Morgan fingerprint density at radius 1 is 1.23 bits per heavy atom. The lowest BCUT2D eigenvalue weighted by Crippen LogP contribution is -2.15. The summed E-state index contributed by atoms with van der Waals surface area (Å²) in [6.07, 6.45) is 4.13. The molecule has 1 fully saturated rings. The Bertz CT molecular complexity index is 1040. The maximum atomic E-state index is 12.6. The number of allylic oxidation sites excluding steroid dienone is 1. The van der Waals surface area contributed by atoms with Crippen LogP contribution in [0.2, 0.25) is 0 Å². The van der Waals surface area contributed by atoms with Gasteiger partial charge in [0.1, 0.15) is 11.6 Å². The van der Waals surface area contributed by atoms with E-state index in [1.165, 1.54) is 11.8 Å². The molecule has 0 unspecified atom stereocenters. The van der Waals surface area contributed by atoms with Crippen LogP contribution < -0.4 is 10.1 Å². The summed E-state index contributed by atoms with van der Waals surface area (Å²) in [6.45, 7) is 6.49. The highest BCUT2D eigenvalue weighted by Gasteiger charge is 2.30. The number of anilines is 1. The monoisotopic (exact) mass is 420 g/mol. The Hall–Kier alpha value is -3.06. The molecule has 0 spiro atoms. The molecule has 0 saturated heterocycles. The van der Waals surface area contributed by atoms with E-state index >= 15 is 0 Å². The number of nitrogens with one attached hydrogen (secondary N) is 1. The van der Waals surface area contributed by atoms with Crippen LogP contribution in [0.15, 0.2) is 66.3 Å². The van der Waals surface area contributed by atoms with Crippen LogP contribution in [0.1, 0.15) is 30.1 Å². The first-order chi connectivity index (χ1) is 14.6. The minimum Gasteiger partial charge on any atom is -0.455 e. The zero-order valence-electron chi connectivity index (χ0n) is 16.9. The van der Waals surface area contributed by atoms with Gasteiger partial charge in [0.15, 0.2) is 10.9 Å². The third-order valence-corrected chi connectivity index (χ3v) is 5.71. The van der Waals surface area contributed by atoms with Crippen molar-refractivity contribution in [3.8, 4) is 11.5 Å². The molecule has 0 radical (unpaired) electrons. The first-order valence-corrected chi connectivity index (χ1v) is 10.9. The van der Waals surface area contributed by atoms with E-state index in [0.29, 0.717) is 23.9 Å². The quantitative estimate of drug-likeness (QED) is 0.382. The van der Waals surface area contributed by atoms with Crippen molar-refractivity contribution >= 4 is 23.4 Å². The van der Waals surface area contributed by atoms with E-state index in [2.05, 4.69) is 26.7 Å². The van der Waals surface area contributed by atoms with Crippen molar-refractivity contribution in [1.29, 1.82) is 0 Å². The zero-order chi connectivity index (χ0) is 20.9. The molecule has 1 aliphatic carbocycles. The van der Waals surface area contributed by atoms with Crippen LogP contribution in [-0.4, -0.2) is 26.4 Å². The number of carbonyl (C=O) groups excluding carboxylic acids is 1. The lowest BCUT2D eigenvalue weighted by atomic mass is 10.2. The standard InChI is InChI=1S/C23H24N4O2S/c1-3-14-27-22(17-10-11-17)25-26-23(27)30-15-21(28)24-19-6-4-5-7-20(19)29-18-12-8-16(2)9-13-18/h3-9,12-13,17H,1,10-11,14-15H2,2H3,(H,24,28). The Kier molecular flexibility index (Phi) is 6.18. The summed E-state index contributed by atoms with van der Waals surface area (Å²) in [5.74, 6) is 2.92. The molecule has 4 rings (SSSR count). The molecular weight excluding hydrogens is 396 g/mol. The summed E-state index contributed by atoms with van der Waals surface area (Å²) in [4.78, 5) is 12.6. The van der Waals surface area contributed by atoms with Gasteiger partial charge in [-0.2, -0.15) is 0 Å². The molecular formula is C23H24N4O2S. The minimum atomic E-state index is -0.124. The van der Waals surface area contributed by atoms with Gasteiger partial charge in [-0.1, -0.05) is 47.7 Å². The molecule has 1 N–H and O–H groups in total. The maximum Gasteiger partial charge on any atom is 0.234 e. The average molecular weight is 421 g/mol. The predicted octanol–water partition coefficient (Wildman–Crippen LogP) is 5.17. The van der Waals surface area contributed by atoms with Crippen molar-refractivity contribution in [3.05, 3.63) is 72.6 Å². The van der Waals surface area contributed by atoms with Crippen molar-refractivity contribution in [2.45, 2.75) is 37.4 Å². The summed E-state index contributed by atoms with van der Waals surface area (Å²) in [5.41, 5.74) is 1.80. The molecule has 1 aromatic heterocycles. The molecule has 154 valence electrons. The molecule has 7 heteroatoms. The lowest BCUT2D eigenvalue weighted by Gasteiger charge is -2.12. The Morgan fingerprint density at radius 3 is 2.73 bits per heavy atom. The number of hydrogen-bond donors (Lipinski definition) is 1. The number of carbonyl (C=O) groups is 1. The second-order valence-corrected chi connectivity index (χ2v) is 8.20. The Labute approximate surface area is 180 Å². The van der Waals surface area contributed by atoms with Crippen molar-refractivity contribution in [3.63, 3.8) is 0 Å². The fraction of sp³-hybridized carbons (Fsp3) is 0.261. The number of rotatable bonds is 9. The second kappa shape index (κ2) is 9.17. The summed E-state index contributed by atoms with van der Waals surface area (Å²) in [6, 6.07) is 15.2. The number of thioether (sulfide) groups is 1. The molecule has 0 atom stereocenters. The van der Waals surface area contributed by atoms with Gasteiger partial charge in [0.05, 0.1) is 11.4 Å². The molecule has 0 bridgehead atoms. The van der Waals surface area contributed by atoms with E-state index in [1.807, 2.05) is 61.5 Å². The van der Waals surface area contributed by atoms with Gasteiger partial charge in [-0.3, -0.25) is 4.79 Å². The van der Waals surface area contributed by atoms with Crippen molar-refractivity contribution < 1.29 is 9.53 Å². The molecule has 2 aromatic carbocycles. The van der Waals surface area contributed by atoms with Crippen molar-refractivity contribution in [2.24, 2.45) is 0 Å². The van der Waals surface area contributed by atoms with E-state index in [0.717, 1.165) is 35.1 Å². The van der Waals surface area contributed by atoms with E-state index in [4.69, 9.17) is 4.74 Å². The Morgan fingerprint density at radius 2 is 2.00 bits per heavy atom. The number of nitrogens with zero attached hydrogens (tertiary/aromatic N) is 3. The average Bonchev–Trinajstić information content (AvgIpc) is 3.51. The number of ether oxygens (including phenoxy) is 1. The maximum absolute atomic E-state index is 12.6. The van der Waals surface area contributed by atoms with Crippen LogP contribution in [-0.2, 0) is 11.3 Å². The van der Waals surface area contributed by atoms with E-state index in [9.17, 15) is 4.79 Å². The van der Waals surface area contributed by atoms with Gasteiger partial charge >= 0.3 is 0 Å². The van der Waals surface area contributed by atoms with Crippen molar-refractivity contribution in [2.75, 3.05) is 11.1 Å². The first kappa shape index (κ1) is 20.2. The van der Waals surface area contributed by atoms with Gasteiger partial charge in [0, 0.05) is 12.5 Å². The number of aromatic nitrogens is 3. The highest BCUT2D eigenvalue weighted by Crippen LogP contribution is 2.40. The molecule has 0 aliphatic heterocycles. The number of para-hydroxylation sites is 2. The van der Waals surface area contributed by atoms with Crippen LogP contribution in [0.25, 0.3) is 0 Å². The number of amides is 1. The Balaban J connectivity index is 1.40. The summed E-state index contributed by atoms with van der Waals surface area (Å²) < 4.78 is 8.01. The predicted molar refractivity (Wildman–Crippen MR) is 119 cm³/mol. The molecule has 1 amide bonds. The molecule has 1 aliphatic rings. The fourth-order valence-corrected chi connectivity index (χ4v) is 3.81. The number of hydrogen-bond acceptors (Lipinski definition) is 5. The first-order valence-electron chi connectivity index (χ1n) is 9.94. The normalized spacial score (nSPS) is 13.1. The minimum absolute atomic E-state index is 0.124. The molecule has 1 saturated carbocycles. The highest BCUT2D eigenvalue weighted by atomic mass is 32.2. The molecule has 30 heavy (non-hydrogen) atoms. The van der Waals surface area contributed by atoms with E-state index in [-0.39, 0.29) is 11.7 Å². The molecule has 1 heterocycles. The van der Waals surface area contributed by atoms with E-state index < -0.39 is 0 Å². The second-order valence-electron chi connectivity index (χ2n) is 7.26. The van der Waals surface area contributed by atoms with E-state index in [1.54, 1.807) is 0 Å². The van der Waals surface area contributed by atoms with Crippen LogP contribution >= 0.6 is 11.8 Å². The third-order valence-electron chi connectivity index (χ3n) is 4.74. The van der Waals surface area contributed by atoms with Gasteiger partial charge < -0.3 is 14.6 Å². The highest BCUT2D eigenvalue weighted by molar-refractivity contribution is 7.99. The largest absolute Gasteiger partial charge is 0.455 e. The van der Waals surface area contributed by atoms with Crippen LogP contribution in [0.5, 0.6) is 11.5 Å². The summed E-state index contributed by atoms with van der Waals surface area (Å²) >= 11 is 1.38. The fourth-order valence-electron chi connectivity index (χ4n) is 3.06. The van der Waals surface area contributed by atoms with Crippen LogP contribution in [0, 0.1) is 6.92 Å². The van der Waals surface area contributed by atoms with Crippen LogP contribution in [0.4, 0.5) is 5.69 Å². The summed E-state index contributed by atoms with van der Waals surface area (Å²) in [7, 11) is 0. The molecule has 6 nitrogen and oxygen atoms in total. The zero-order valence-corrected chi connectivity index (χ0v) is 17.7. The van der Waals surface area contributed by atoms with Gasteiger partial charge in [0.2, 0.25) is 5.91 Å². The SMILES string of the molecule is C=CCn1c(SCC(=O)Nc2ccccc2Oc2ccc(C)cc2)nnc1C1CC1. The smallest absolute Gasteiger partial charge is 0.234 e. The summed E-state index contributed by atoms with van der Waals surface area (Å²) in [5, 5.41) is 12.3.